The van der Waals surface area contributed by atoms with E-state index in [-0.39, 0.29) is 6.42 Å². The summed E-state index contributed by atoms with van der Waals surface area (Å²) in [5.41, 5.74) is -2.18. The number of carboxylic acids is 1. The van der Waals surface area contributed by atoms with Crippen LogP contribution in [0.4, 0.5) is 0 Å². The minimum atomic E-state index is -2.18. The summed E-state index contributed by atoms with van der Waals surface area (Å²) < 4.78 is 0. The van der Waals surface area contributed by atoms with Gasteiger partial charge < -0.3 is 10.2 Å². The van der Waals surface area contributed by atoms with Crippen molar-refractivity contribution in [2.24, 2.45) is 0 Å². The third kappa shape index (κ3) is 6.15. The topological polar surface area (TPSA) is 74.6 Å². The van der Waals surface area contributed by atoms with Gasteiger partial charge >= 0.3 is 5.97 Å². The van der Waals surface area contributed by atoms with Gasteiger partial charge in [0.1, 0.15) is 0 Å². The van der Waals surface area contributed by atoms with Gasteiger partial charge in [0.15, 0.2) is 5.78 Å². The highest BCUT2D eigenvalue weighted by molar-refractivity contribution is 6.04. The molecule has 0 heterocycles. The van der Waals surface area contributed by atoms with E-state index in [0.29, 0.717) is 6.42 Å². The lowest BCUT2D eigenvalue weighted by molar-refractivity contribution is -0.165. The van der Waals surface area contributed by atoms with Gasteiger partial charge in [0, 0.05) is 0 Å². The largest absolute Gasteiger partial charge is 0.479 e. The molecule has 0 fully saturated rings. The average molecular weight is 258 g/mol. The summed E-state index contributed by atoms with van der Waals surface area (Å²) in [6.07, 6.45) is 8.61. The predicted molar refractivity (Wildman–Crippen MR) is 70.5 cm³/mol. The van der Waals surface area contributed by atoms with Gasteiger partial charge in [-0.1, -0.05) is 51.9 Å². The highest BCUT2D eigenvalue weighted by Gasteiger charge is 2.40. The van der Waals surface area contributed by atoms with E-state index in [1.165, 1.54) is 25.7 Å². The molecule has 18 heavy (non-hydrogen) atoms. The van der Waals surface area contributed by atoms with E-state index in [1.54, 1.807) is 0 Å². The first-order valence-electron chi connectivity index (χ1n) is 6.92. The number of ketones is 1. The lowest BCUT2D eigenvalue weighted by atomic mass is 9.92. The van der Waals surface area contributed by atoms with Crippen molar-refractivity contribution in [1.29, 1.82) is 0 Å². The molecule has 0 aliphatic rings. The zero-order valence-corrected chi connectivity index (χ0v) is 11.6. The van der Waals surface area contributed by atoms with E-state index >= 15 is 0 Å². The molecule has 0 aromatic heterocycles. The van der Waals surface area contributed by atoms with Crippen LogP contribution >= 0.6 is 0 Å². The quantitative estimate of drug-likeness (QED) is 0.441. The molecule has 1 atom stereocenters. The minimum absolute atomic E-state index is 0.0205. The Morgan fingerprint density at radius 3 is 1.78 bits per heavy atom. The molecule has 1 unspecified atom stereocenters. The molecule has 0 aliphatic heterocycles. The summed E-state index contributed by atoms with van der Waals surface area (Å²) in [6, 6.07) is 0. The lowest BCUT2D eigenvalue weighted by Crippen LogP contribution is -2.45. The molecule has 0 rings (SSSR count). The number of aliphatic hydroxyl groups is 1. The maximum absolute atomic E-state index is 11.1. The molecule has 0 aromatic rings. The Labute approximate surface area is 109 Å². The van der Waals surface area contributed by atoms with Crippen LogP contribution in [0.2, 0.25) is 0 Å². The van der Waals surface area contributed by atoms with Gasteiger partial charge in [-0.2, -0.15) is 0 Å². The van der Waals surface area contributed by atoms with E-state index in [9.17, 15) is 14.7 Å². The zero-order valence-electron chi connectivity index (χ0n) is 11.6. The second-order valence-corrected chi connectivity index (χ2v) is 4.95. The van der Waals surface area contributed by atoms with Crippen LogP contribution in [0.1, 0.15) is 71.6 Å². The van der Waals surface area contributed by atoms with Crippen molar-refractivity contribution < 1.29 is 19.8 Å². The van der Waals surface area contributed by atoms with Crippen molar-refractivity contribution in [1.82, 2.24) is 0 Å². The van der Waals surface area contributed by atoms with E-state index in [2.05, 4.69) is 6.92 Å². The smallest absolute Gasteiger partial charge is 0.343 e. The Balaban J connectivity index is 3.70. The van der Waals surface area contributed by atoms with Crippen LogP contribution in [0.25, 0.3) is 0 Å². The number of hydrogen-bond acceptors (Lipinski definition) is 3. The molecule has 0 spiro atoms. The van der Waals surface area contributed by atoms with Crippen molar-refractivity contribution in [3.63, 3.8) is 0 Å². The predicted octanol–water partition coefficient (Wildman–Crippen LogP) is 2.92. The number of Topliss-reactive ketones (excluding diaryl/α,β-unsaturated/α-hetero) is 1. The van der Waals surface area contributed by atoms with Crippen molar-refractivity contribution in [3.05, 3.63) is 0 Å². The van der Waals surface area contributed by atoms with Gasteiger partial charge in [0.2, 0.25) is 5.60 Å². The van der Waals surface area contributed by atoms with Crippen LogP contribution in [0.5, 0.6) is 0 Å². The molecule has 0 radical (unpaired) electrons. The van der Waals surface area contributed by atoms with Crippen molar-refractivity contribution in [2.45, 2.75) is 77.2 Å². The van der Waals surface area contributed by atoms with Crippen LogP contribution in [0.3, 0.4) is 0 Å². The second kappa shape index (κ2) is 9.09. The Morgan fingerprint density at radius 2 is 1.39 bits per heavy atom. The molecule has 2 N–H and O–H groups in total. The summed E-state index contributed by atoms with van der Waals surface area (Å²) in [7, 11) is 0. The van der Waals surface area contributed by atoms with Gasteiger partial charge in [-0.15, -0.1) is 0 Å². The number of aliphatic carboxylic acids is 1. The second-order valence-electron chi connectivity index (χ2n) is 4.95. The normalized spacial score (nSPS) is 14.2. The maximum Gasteiger partial charge on any atom is 0.343 e. The number of hydrogen-bond donors (Lipinski definition) is 2. The van der Waals surface area contributed by atoms with Gasteiger partial charge in [-0.25, -0.2) is 4.79 Å². The zero-order chi connectivity index (χ0) is 14.0. The fourth-order valence-electron chi connectivity index (χ4n) is 1.95. The summed E-state index contributed by atoms with van der Waals surface area (Å²) in [5, 5.41) is 18.5. The van der Waals surface area contributed by atoms with Gasteiger partial charge in [0.25, 0.3) is 0 Å². The molecule has 0 saturated heterocycles. The molecule has 0 aromatic carbocycles. The molecule has 0 aliphatic carbocycles. The summed E-state index contributed by atoms with van der Waals surface area (Å²) in [6.45, 7) is 3.30. The Morgan fingerprint density at radius 1 is 0.944 bits per heavy atom. The Kier molecular flexibility index (Phi) is 8.63. The fourth-order valence-corrected chi connectivity index (χ4v) is 1.95. The van der Waals surface area contributed by atoms with Crippen molar-refractivity contribution in [3.8, 4) is 0 Å². The number of rotatable bonds is 11. The maximum atomic E-state index is 11.1. The van der Waals surface area contributed by atoms with Gasteiger partial charge in [-0.05, 0) is 19.8 Å². The number of carboxylic acid groups (broad SMARTS) is 1. The average Bonchev–Trinajstić information content (AvgIpc) is 2.31. The third-order valence-corrected chi connectivity index (χ3v) is 3.33. The minimum Gasteiger partial charge on any atom is -0.479 e. The van der Waals surface area contributed by atoms with Crippen LogP contribution < -0.4 is 0 Å². The molecule has 4 nitrogen and oxygen atoms in total. The lowest BCUT2D eigenvalue weighted by Gasteiger charge is -2.19. The molecule has 0 bridgehead atoms. The molecular weight excluding hydrogens is 232 g/mol. The van der Waals surface area contributed by atoms with Gasteiger partial charge in [0.05, 0.1) is 0 Å². The SMILES string of the molecule is CCCCCCCCCCC(O)(C(C)=O)C(=O)O. The molecule has 0 saturated carbocycles. The van der Waals surface area contributed by atoms with Crippen LogP contribution in [-0.4, -0.2) is 27.6 Å². The summed E-state index contributed by atoms with van der Waals surface area (Å²) >= 11 is 0. The monoisotopic (exact) mass is 258 g/mol. The van der Waals surface area contributed by atoms with E-state index in [1.807, 2.05) is 0 Å². The highest BCUT2D eigenvalue weighted by Crippen LogP contribution is 2.18. The Hall–Kier alpha value is -0.900. The first-order valence-corrected chi connectivity index (χ1v) is 6.92. The number of carbonyl (C=O) groups excluding carboxylic acids is 1. The van der Waals surface area contributed by atoms with E-state index < -0.39 is 17.4 Å². The molecule has 4 heteroatoms. The molecule has 0 amide bonds. The first kappa shape index (κ1) is 17.1. The van der Waals surface area contributed by atoms with Gasteiger partial charge in [-0.3, -0.25) is 4.79 Å². The van der Waals surface area contributed by atoms with E-state index in [0.717, 1.165) is 26.2 Å². The van der Waals surface area contributed by atoms with E-state index in [4.69, 9.17) is 5.11 Å². The fraction of sp³-hybridized carbons (Fsp3) is 0.857. The standard InChI is InChI=1S/C14H26O4/c1-3-4-5-6-7-8-9-10-11-14(18,12(2)15)13(16)17/h18H,3-11H2,1-2H3,(H,16,17). The highest BCUT2D eigenvalue weighted by atomic mass is 16.4. The van der Waals surface area contributed by atoms with Crippen LogP contribution in [0, 0.1) is 0 Å². The van der Waals surface area contributed by atoms with Crippen LogP contribution in [0.15, 0.2) is 0 Å². The summed E-state index contributed by atoms with van der Waals surface area (Å²) in [5.74, 6) is -2.11. The number of unbranched alkanes of at least 4 members (excludes halogenated alkanes) is 7. The first-order chi connectivity index (χ1) is 8.45. The van der Waals surface area contributed by atoms with Crippen LogP contribution in [-0.2, 0) is 9.59 Å². The van der Waals surface area contributed by atoms with Crippen molar-refractivity contribution in [2.75, 3.05) is 0 Å². The Bertz CT molecular complexity index is 247. The van der Waals surface area contributed by atoms with Crippen molar-refractivity contribution >= 4 is 11.8 Å². The number of carbonyl (C=O) groups is 2. The summed E-state index contributed by atoms with van der Waals surface area (Å²) in [4.78, 5) is 21.9. The molecule has 106 valence electrons. The third-order valence-electron chi connectivity index (χ3n) is 3.33. The molecular formula is C14H26O4.